The van der Waals surface area contributed by atoms with Crippen molar-refractivity contribution in [3.05, 3.63) is 67.8 Å². The van der Waals surface area contributed by atoms with Crippen molar-refractivity contribution in [2.24, 2.45) is 0 Å². The van der Waals surface area contributed by atoms with Crippen LogP contribution in [0.25, 0.3) is 0 Å². The van der Waals surface area contributed by atoms with Crippen molar-refractivity contribution >= 4 is 17.5 Å². The molecule has 0 saturated carbocycles. The number of hydrogen-bond acceptors (Lipinski definition) is 11. The first-order valence-corrected chi connectivity index (χ1v) is 22.0. The van der Waals surface area contributed by atoms with E-state index >= 15 is 0 Å². The Hall–Kier alpha value is -3.65. The molecule has 2 aliphatic rings. The van der Waals surface area contributed by atoms with Crippen molar-refractivity contribution in [1.82, 2.24) is 0 Å². The fourth-order valence-electron chi connectivity index (χ4n) is 7.92. The van der Waals surface area contributed by atoms with Crippen LogP contribution in [-0.4, -0.2) is 53.0 Å². The van der Waals surface area contributed by atoms with Gasteiger partial charge in [0.1, 0.15) is 11.5 Å². The number of unbranched alkanes of at least 4 members (excludes halogenated alkanes) is 16. The summed E-state index contributed by atoms with van der Waals surface area (Å²) in [5.41, 5.74) is 0.458. The third kappa shape index (κ3) is 16.2. The van der Waals surface area contributed by atoms with Crippen LogP contribution in [0.2, 0.25) is 0 Å². The zero-order valence-corrected chi connectivity index (χ0v) is 35.5. The van der Waals surface area contributed by atoms with Crippen molar-refractivity contribution in [2.75, 3.05) is 13.2 Å². The Labute approximate surface area is 345 Å². The molecule has 13 nitrogen and oxygen atoms in total. The lowest BCUT2D eigenvalue weighted by molar-refractivity contribution is -0.385. The summed E-state index contributed by atoms with van der Waals surface area (Å²) in [5.74, 6) is -1.38. The average molecular weight is 813 g/mol. The van der Waals surface area contributed by atoms with Gasteiger partial charge >= 0.3 is 6.16 Å². The van der Waals surface area contributed by atoms with Gasteiger partial charge in [-0.3, -0.25) is 20.2 Å². The topological polar surface area (TPSA) is 159 Å². The molecule has 58 heavy (non-hydrogen) atoms. The van der Waals surface area contributed by atoms with Crippen molar-refractivity contribution in [3.8, 4) is 11.5 Å². The Morgan fingerprint density at radius 1 is 0.603 bits per heavy atom. The molecule has 13 heteroatoms. The summed E-state index contributed by atoms with van der Waals surface area (Å²) in [6.07, 6.45) is 21.8. The highest BCUT2D eigenvalue weighted by Crippen LogP contribution is 2.36. The van der Waals surface area contributed by atoms with Gasteiger partial charge in [0.05, 0.1) is 35.3 Å². The molecule has 324 valence electrons. The molecule has 2 aromatic rings. The summed E-state index contributed by atoms with van der Waals surface area (Å²) in [6.45, 7) is 8.87. The highest BCUT2D eigenvalue weighted by molar-refractivity contribution is 5.69. The van der Waals surface area contributed by atoms with Gasteiger partial charge in [-0.05, 0) is 38.8 Å². The number of rotatable bonds is 28. The van der Waals surface area contributed by atoms with Gasteiger partial charge in [-0.2, -0.15) is 0 Å². The summed E-state index contributed by atoms with van der Waals surface area (Å²) < 4.78 is 36.1. The minimum atomic E-state index is -1.09. The number of carbonyl (C=O) groups excluding carboxylic acids is 1. The molecule has 4 rings (SSSR count). The summed E-state index contributed by atoms with van der Waals surface area (Å²) in [6, 6.07) is 7.96. The van der Waals surface area contributed by atoms with Gasteiger partial charge in [-0.15, -0.1) is 0 Å². The van der Waals surface area contributed by atoms with Crippen LogP contribution in [0, 0.1) is 20.2 Å². The first kappa shape index (κ1) is 47.0. The van der Waals surface area contributed by atoms with Crippen LogP contribution in [0.3, 0.4) is 0 Å². The molecule has 0 aromatic heterocycles. The molecule has 0 bridgehead atoms. The summed E-state index contributed by atoms with van der Waals surface area (Å²) in [4.78, 5) is 35.7. The van der Waals surface area contributed by atoms with E-state index < -0.39 is 39.8 Å². The monoisotopic (exact) mass is 812 g/mol. The van der Waals surface area contributed by atoms with Gasteiger partial charge in [0.15, 0.2) is 11.6 Å². The van der Waals surface area contributed by atoms with E-state index in [0.29, 0.717) is 11.1 Å². The van der Waals surface area contributed by atoms with Gasteiger partial charge < -0.3 is 28.4 Å². The zero-order valence-electron chi connectivity index (χ0n) is 35.5. The molecule has 2 heterocycles. The number of ether oxygens (including phenoxy) is 6. The number of benzene rings is 2. The second-order valence-electron chi connectivity index (χ2n) is 16.5. The molecule has 0 spiro atoms. The number of nitro benzene ring substituents is 2. The number of non-ortho nitro benzene ring substituents is 2. The van der Waals surface area contributed by atoms with E-state index in [1.165, 1.54) is 126 Å². The highest BCUT2D eigenvalue weighted by atomic mass is 16.8. The summed E-state index contributed by atoms with van der Waals surface area (Å²) >= 11 is 0. The van der Waals surface area contributed by atoms with Crippen molar-refractivity contribution in [1.29, 1.82) is 0 Å². The molecule has 0 N–H and O–H groups in total. The maximum absolute atomic E-state index is 13.3. The minimum Gasteiger partial charge on any atom is -0.394 e. The summed E-state index contributed by atoms with van der Waals surface area (Å²) in [7, 11) is 0. The van der Waals surface area contributed by atoms with Gasteiger partial charge in [-0.25, -0.2) is 4.79 Å². The Kier molecular flexibility index (Phi) is 19.8. The zero-order chi connectivity index (χ0) is 41.8. The molecule has 0 amide bonds. The molecule has 4 unspecified atom stereocenters. The Morgan fingerprint density at radius 2 is 0.948 bits per heavy atom. The maximum atomic E-state index is 13.3. The van der Waals surface area contributed by atoms with Gasteiger partial charge in [0.2, 0.25) is 0 Å². The SMILES string of the molecule is CCCCCCCCCCCC1(C)OCC(Cc2cc([N+](=O)[O-])ccc2OC(=O)Oc2ccc([N+](=O)[O-])cc2CC2COC(C)(CCCCCCCCCCC)O2)O1. The Balaban J connectivity index is 1.32. The van der Waals surface area contributed by atoms with Crippen LogP contribution >= 0.6 is 0 Å². The lowest BCUT2D eigenvalue weighted by Crippen LogP contribution is -2.27. The van der Waals surface area contributed by atoms with Gasteiger partial charge in [-0.1, -0.05) is 117 Å². The lowest BCUT2D eigenvalue weighted by atomic mass is 10.0. The predicted octanol–water partition coefficient (Wildman–Crippen LogP) is 12.3. The second kappa shape index (κ2) is 24.4. The average Bonchev–Trinajstić information content (AvgIpc) is 3.75. The van der Waals surface area contributed by atoms with Gasteiger partial charge in [0.25, 0.3) is 11.4 Å². The molecule has 4 atom stereocenters. The molecular formula is C45H68N2O11. The van der Waals surface area contributed by atoms with Crippen molar-refractivity contribution in [2.45, 2.75) is 193 Å². The molecule has 0 aliphatic carbocycles. The Bertz CT molecular complexity index is 1470. The van der Waals surface area contributed by atoms with Crippen LogP contribution < -0.4 is 9.47 Å². The van der Waals surface area contributed by atoms with Crippen molar-refractivity contribution in [3.63, 3.8) is 0 Å². The minimum absolute atomic E-state index is 0.0787. The van der Waals surface area contributed by atoms with E-state index in [1.807, 2.05) is 13.8 Å². The number of hydrogen-bond donors (Lipinski definition) is 0. The number of nitrogens with zero attached hydrogens (tertiary/aromatic N) is 2. The second-order valence-corrected chi connectivity index (χ2v) is 16.5. The van der Waals surface area contributed by atoms with E-state index in [2.05, 4.69) is 13.8 Å². The maximum Gasteiger partial charge on any atom is 0.519 e. The fraction of sp³-hybridized carbons (Fsp3) is 0.711. The highest BCUT2D eigenvalue weighted by Gasteiger charge is 2.38. The molecule has 2 aliphatic heterocycles. The third-order valence-electron chi connectivity index (χ3n) is 11.2. The normalized spacial score (nSPS) is 21.7. The van der Waals surface area contributed by atoms with Crippen LogP contribution in [0.15, 0.2) is 36.4 Å². The van der Waals surface area contributed by atoms with E-state index in [-0.39, 0.29) is 48.9 Å². The predicted molar refractivity (Wildman–Crippen MR) is 222 cm³/mol. The Morgan fingerprint density at radius 3 is 1.29 bits per heavy atom. The van der Waals surface area contributed by atoms with E-state index in [1.54, 1.807) is 0 Å². The van der Waals surface area contributed by atoms with Crippen LogP contribution in [0.4, 0.5) is 16.2 Å². The standard InChI is InChI=1S/C45H68N2O11/c1-5-7-9-11-13-15-17-19-21-27-44(3)53-33-39(57-44)31-35-29-37(46(49)50)23-25-41(35)55-43(48)56-42-26-24-38(47(51)52)30-36(42)32-40-34-54-45(4,58-40)28-22-20-18-16-14-12-10-8-6-2/h23-26,29-30,39-40H,5-22,27-28,31-34H2,1-4H3. The number of carbonyl (C=O) groups is 1. The van der Waals surface area contributed by atoms with E-state index in [4.69, 9.17) is 28.4 Å². The van der Waals surface area contributed by atoms with E-state index in [0.717, 1.165) is 38.5 Å². The molecule has 2 fully saturated rings. The smallest absolute Gasteiger partial charge is 0.394 e. The summed E-state index contributed by atoms with van der Waals surface area (Å²) in [5, 5.41) is 23.4. The van der Waals surface area contributed by atoms with Crippen LogP contribution in [0.1, 0.15) is 167 Å². The van der Waals surface area contributed by atoms with E-state index in [9.17, 15) is 25.0 Å². The van der Waals surface area contributed by atoms with Crippen LogP contribution in [0.5, 0.6) is 11.5 Å². The molecule has 2 saturated heterocycles. The largest absolute Gasteiger partial charge is 0.519 e. The quantitative estimate of drug-likeness (QED) is 0.0264. The lowest BCUT2D eigenvalue weighted by Gasteiger charge is -2.23. The van der Waals surface area contributed by atoms with Crippen LogP contribution in [-0.2, 0) is 31.8 Å². The molecular weight excluding hydrogens is 744 g/mol. The fourth-order valence-corrected chi connectivity index (χ4v) is 7.92. The van der Waals surface area contributed by atoms with Gasteiger partial charge in [0, 0.05) is 61.1 Å². The third-order valence-corrected chi connectivity index (χ3v) is 11.2. The first-order chi connectivity index (χ1) is 27.9. The molecule has 2 aromatic carbocycles. The number of nitro groups is 2. The first-order valence-electron chi connectivity index (χ1n) is 22.0. The van der Waals surface area contributed by atoms with Crippen molar-refractivity contribution < 1.29 is 43.1 Å². The molecule has 0 radical (unpaired) electrons.